The Kier molecular flexibility index (Phi) is 9.84. The number of halogens is 6. The molecule has 0 bridgehead atoms. The number of allylic oxidation sites excluding steroid dienone is 1. The molecule has 47 heavy (non-hydrogen) atoms. The predicted octanol–water partition coefficient (Wildman–Crippen LogP) is 7.94. The average Bonchev–Trinajstić information content (AvgIpc) is 3.34. The standard InChI is InChI=1S/C34H22ClF3I2N2O4S/c1-2-45-32(44)27-28(20-10-12-22(35)13-11-20)42-31(43)26(47-33(42)41-30(27)34(36,37)38)16-18-14-24(39)29(25(40)15-18)46-17-21-8-5-7-19-6-3-4-9-23(19)21/h3-16,28H,2,17H2,1H3/b26-16-/t28-/m1/s1. The second-order valence-electron chi connectivity index (χ2n) is 10.4. The molecule has 1 aromatic heterocycles. The van der Waals surface area contributed by atoms with E-state index in [-0.39, 0.29) is 21.5 Å². The van der Waals surface area contributed by atoms with Gasteiger partial charge in [-0.05, 0) is 110 Å². The van der Waals surface area contributed by atoms with Crippen LogP contribution < -0.4 is 19.6 Å². The molecule has 6 nitrogen and oxygen atoms in total. The van der Waals surface area contributed by atoms with E-state index in [9.17, 15) is 22.8 Å². The summed E-state index contributed by atoms with van der Waals surface area (Å²) in [5, 5.41) is 2.56. The van der Waals surface area contributed by atoms with E-state index in [0.717, 1.165) is 39.4 Å². The van der Waals surface area contributed by atoms with Crippen LogP contribution in [-0.4, -0.2) is 23.3 Å². The second kappa shape index (κ2) is 13.7. The molecule has 0 aliphatic carbocycles. The third kappa shape index (κ3) is 6.87. The molecule has 0 N–H and O–H groups in total. The number of thiazole rings is 1. The summed E-state index contributed by atoms with van der Waals surface area (Å²) >= 11 is 11.2. The maximum Gasteiger partial charge on any atom is 0.434 e. The molecule has 240 valence electrons. The summed E-state index contributed by atoms with van der Waals surface area (Å²) in [7, 11) is 0. The minimum atomic E-state index is -4.99. The largest absolute Gasteiger partial charge is 0.487 e. The van der Waals surface area contributed by atoms with Crippen molar-refractivity contribution in [3.05, 3.63) is 139 Å². The van der Waals surface area contributed by atoms with Crippen molar-refractivity contribution in [3.8, 4) is 5.75 Å². The second-order valence-corrected chi connectivity index (χ2v) is 14.1. The van der Waals surface area contributed by atoms with Gasteiger partial charge in [0.25, 0.3) is 5.56 Å². The summed E-state index contributed by atoms with van der Waals surface area (Å²) in [6.07, 6.45) is -3.39. The lowest BCUT2D eigenvalue weighted by Gasteiger charge is -2.26. The molecule has 4 aromatic carbocycles. The quantitative estimate of drug-likeness (QED) is 0.123. The molecule has 0 saturated carbocycles. The van der Waals surface area contributed by atoms with Gasteiger partial charge in [0.1, 0.15) is 12.4 Å². The lowest BCUT2D eigenvalue weighted by Crippen LogP contribution is -2.41. The molecule has 2 heterocycles. The number of carbonyl (C=O) groups is 1. The van der Waals surface area contributed by atoms with Crippen molar-refractivity contribution in [2.24, 2.45) is 4.99 Å². The summed E-state index contributed by atoms with van der Waals surface area (Å²) in [6.45, 7) is 1.67. The fraction of sp³-hybridized carbons (Fsp3) is 0.147. The molecule has 0 radical (unpaired) electrons. The first-order chi connectivity index (χ1) is 22.5. The number of rotatable bonds is 7. The van der Waals surface area contributed by atoms with E-state index in [1.54, 1.807) is 6.08 Å². The Labute approximate surface area is 302 Å². The number of aromatic nitrogens is 1. The molecule has 0 amide bonds. The third-order valence-electron chi connectivity index (χ3n) is 7.35. The topological polar surface area (TPSA) is 69.9 Å². The number of esters is 1. The van der Waals surface area contributed by atoms with Crippen molar-refractivity contribution in [3.63, 3.8) is 0 Å². The number of hydrogen-bond donors (Lipinski definition) is 0. The Bertz CT molecular complexity index is 2220. The van der Waals surface area contributed by atoms with Crippen LogP contribution in [-0.2, 0) is 16.1 Å². The van der Waals surface area contributed by atoms with Gasteiger partial charge in [0, 0.05) is 5.02 Å². The summed E-state index contributed by atoms with van der Waals surface area (Å²) < 4.78 is 57.3. The van der Waals surface area contributed by atoms with Gasteiger partial charge in [-0.2, -0.15) is 13.2 Å². The van der Waals surface area contributed by atoms with E-state index >= 15 is 0 Å². The van der Waals surface area contributed by atoms with Crippen LogP contribution >= 0.6 is 68.1 Å². The van der Waals surface area contributed by atoms with Crippen LogP contribution in [0, 0.1) is 7.14 Å². The number of fused-ring (bicyclic) bond motifs is 2. The monoisotopic (exact) mass is 900 g/mol. The minimum absolute atomic E-state index is 0.144. The first-order valence-corrected chi connectivity index (χ1v) is 17.5. The Morgan fingerprint density at radius 3 is 2.40 bits per heavy atom. The van der Waals surface area contributed by atoms with Crippen molar-refractivity contribution < 1.29 is 27.4 Å². The number of carbonyl (C=O) groups excluding carboxylic acids is 1. The zero-order chi connectivity index (χ0) is 33.5. The summed E-state index contributed by atoms with van der Waals surface area (Å²) in [5.41, 5.74) is -0.838. The van der Waals surface area contributed by atoms with Crippen molar-refractivity contribution in [1.29, 1.82) is 0 Å². The van der Waals surface area contributed by atoms with Crippen molar-refractivity contribution in [2.45, 2.75) is 25.7 Å². The lowest BCUT2D eigenvalue weighted by molar-refractivity contribution is -0.140. The van der Waals surface area contributed by atoms with Gasteiger partial charge in [-0.3, -0.25) is 9.36 Å². The van der Waals surface area contributed by atoms with Crippen LogP contribution in [0.5, 0.6) is 5.75 Å². The van der Waals surface area contributed by atoms with Crippen LogP contribution in [0.15, 0.2) is 99.9 Å². The molecule has 13 heteroatoms. The molecule has 1 aliphatic heterocycles. The van der Waals surface area contributed by atoms with E-state index < -0.39 is 35.0 Å². The van der Waals surface area contributed by atoms with Gasteiger partial charge >= 0.3 is 12.1 Å². The molecule has 1 aliphatic rings. The van der Waals surface area contributed by atoms with Crippen molar-refractivity contribution >= 4 is 90.9 Å². The van der Waals surface area contributed by atoms with Gasteiger partial charge in [-0.15, -0.1) is 0 Å². The Morgan fingerprint density at radius 1 is 1.04 bits per heavy atom. The number of ether oxygens (including phenoxy) is 2. The fourth-order valence-electron chi connectivity index (χ4n) is 5.32. The summed E-state index contributed by atoms with van der Waals surface area (Å²) in [6, 6.07) is 22.3. The minimum Gasteiger partial charge on any atom is -0.487 e. The number of nitrogens with zero attached hydrogens (tertiary/aromatic N) is 2. The molecule has 0 fully saturated rings. The van der Waals surface area contributed by atoms with Crippen LogP contribution in [0.1, 0.15) is 29.7 Å². The SMILES string of the molecule is CCOC(=O)C1=C(C(F)(F)F)N=c2s/c(=C\c3cc(I)c(OCc4cccc5ccccc45)c(I)c3)c(=O)n2[C@@H]1c1ccc(Cl)cc1. The Balaban J connectivity index is 1.42. The van der Waals surface area contributed by atoms with E-state index in [1.807, 2.05) is 54.6 Å². The van der Waals surface area contributed by atoms with Crippen molar-refractivity contribution in [2.75, 3.05) is 6.61 Å². The van der Waals surface area contributed by atoms with Gasteiger partial charge in [-0.25, -0.2) is 9.79 Å². The highest BCUT2D eigenvalue weighted by Crippen LogP contribution is 2.38. The summed E-state index contributed by atoms with van der Waals surface area (Å²) in [4.78, 5) is 30.6. The average molecular weight is 901 g/mol. The fourth-order valence-corrected chi connectivity index (χ4v) is 8.58. The first kappa shape index (κ1) is 33.7. The van der Waals surface area contributed by atoms with E-state index in [0.29, 0.717) is 22.9 Å². The van der Waals surface area contributed by atoms with Gasteiger partial charge in [-0.1, -0.05) is 77.5 Å². The maximum atomic E-state index is 14.4. The molecule has 0 spiro atoms. The first-order valence-electron chi connectivity index (χ1n) is 14.1. The molecular formula is C34H22ClF3I2N2O4S. The smallest absolute Gasteiger partial charge is 0.434 e. The molecular weight excluding hydrogens is 879 g/mol. The number of benzene rings is 4. The zero-order valence-corrected chi connectivity index (χ0v) is 30.2. The van der Waals surface area contributed by atoms with E-state index in [2.05, 4.69) is 50.2 Å². The predicted molar refractivity (Wildman–Crippen MR) is 192 cm³/mol. The highest BCUT2D eigenvalue weighted by Gasteiger charge is 2.45. The summed E-state index contributed by atoms with van der Waals surface area (Å²) in [5.74, 6) is -0.532. The van der Waals surface area contributed by atoms with E-state index in [4.69, 9.17) is 21.1 Å². The zero-order valence-electron chi connectivity index (χ0n) is 24.3. The van der Waals surface area contributed by atoms with Gasteiger partial charge in [0.05, 0.1) is 29.9 Å². The highest BCUT2D eigenvalue weighted by atomic mass is 127. The Morgan fingerprint density at radius 2 is 1.72 bits per heavy atom. The van der Waals surface area contributed by atoms with E-state index in [1.165, 1.54) is 31.2 Å². The van der Waals surface area contributed by atoms with Gasteiger partial charge in [0.2, 0.25) is 0 Å². The number of alkyl halides is 3. The Hall–Kier alpha value is -3.21. The van der Waals surface area contributed by atoms with Crippen LogP contribution in [0.3, 0.4) is 0 Å². The lowest BCUT2D eigenvalue weighted by atomic mass is 9.95. The number of hydrogen-bond acceptors (Lipinski definition) is 6. The molecule has 6 rings (SSSR count). The van der Waals surface area contributed by atoms with Gasteiger partial charge < -0.3 is 9.47 Å². The molecule has 0 saturated heterocycles. The highest BCUT2D eigenvalue weighted by molar-refractivity contribution is 14.1. The molecule has 5 aromatic rings. The van der Waals surface area contributed by atoms with Crippen molar-refractivity contribution in [1.82, 2.24) is 4.57 Å². The third-order valence-corrected chi connectivity index (χ3v) is 10.2. The molecule has 0 unspecified atom stereocenters. The maximum absolute atomic E-state index is 14.4. The van der Waals surface area contributed by atoms with Gasteiger partial charge in [0.15, 0.2) is 10.5 Å². The van der Waals surface area contributed by atoms with Crippen LogP contribution in [0.2, 0.25) is 5.02 Å². The molecule has 1 atom stereocenters. The van der Waals surface area contributed by atoms with Crippen LogP contribution in [0.25, 0.3) is 16.8 Å². The normalized spacial score (nSPS) is 15.0. The van der Waals surface area contributed by atoms with Crippen LogP contribution in [0.4, 0.5) is 13.2 Å².